The number of pyridine rings is 1. The molecule has 1 amide bonds. The van der Waals surface area contributed by atoms with Crippen LogP contribution in [0.2, 0.25) is 0 Å². The first-order chi connectivity index (χ1) is 9.62. The lowest BCUT2D eigenvalue weighted by Gasteiger charge is -2.19. The molecule has 2 N–H and O–H groups in total. The van der Waals surface area contributed by atoms with E-state index >= 15 is 0 Å². The first-order valence-electron chi connectivity index (χ1n) is 7.24. The third kappa shape index (κ3) is 7.29. The maximum Gasteiger partial charge on any atom is 0.224 e. The van der Waals surface area contributed by atoms with Gasteiger partial charge in [0.05, 0.1) is 0 Å². The largest absolute Gasteiger partial charge is 0.357 e. The van der Waals surface area contributed by atoms with Crippen LogP contribution < -0.4 is 15.5 Å². The second-order valence-corrected chi connectivity index (χ2v) is 4.87. The summed E-state index contributed by atoms with van der Waals surface area (Å²) in [6.07, 6.45) is 1.83. The number of carbonyl (C=O) groups excluding carboxylic acids is 1. The summed E-state index contributed by atoms with van der Waals surface area (Å²) in [7, 11) is 1.85. The van der Waals surface area contributed by atoms with Crippen LogP contribution in [0.4, 0.5) is 5.82 Å². The Labute approximate surface area is 146 Å². The van der Waals surface area contributed by atoms with E-state index in [2.05, 4.69) is 34.4 Å². The van der Waals surface area contributed by atoms with Crippen molar-refractivity contribution in [3.63, 3.8) is 0 Å². The Morgan fingerprint density at radius 3 is 2.36 bits per heavy atom. The van der Waals surface area contributed by atoms with Gasteiger partial charge >= 0.3 is 0 Å². The minimum Gasteiger partial charge on any atom is -0.357 e. The van der Waals surface area contributed by atoms with Crippen LogP contribution >= 0.6 is 24.8 Å². The van der Waals surface area contributed by atoms with Gasteiger partial charge in [-0.05, 0) is 32.5 Å². The van der Waals surface area contributed by atoms with Crippen LogP contribution in [0.25, 0.3) is 0 Å². The topological polar surface area (TPSA) is 57.3 Å². The average Bonchev–Trinajstić information content (AvgIpc) is 2.47. The molecule has 22 heavy (non-hydrogen) atoms. The number of rotatable bonds is 8. The van der Waals surface area contributed by atoms with Crippen LogP contribution in [-0.4, -0.2) is 37.6 Å². The molecule has 0 spiro atoms. The van der Waals surface area contributed by atoms with Crippen molar-refractivity contribution in [2.45, 2.75) is 27.3 Å². The molecule has 1 aromatic heterocycles. The van der Waals surface area contributed by atoms with E-state index in [4.69, 9.17) is 0 Å². The summed E-state index contributed by atoms with van der Waals surface area (Å²) >= 11 is 0. The van der Waals surface area contributed by atoms with Crippen LogP contribution in [0.15, 0.2) is 18.3 Å². The van der Waals surface area contributed by atoms with E-state index in [1.807, 2.05) is 32.3 Å². The number of anilines is 1. The smallest absolute Gasteiger partial charge is 0.224 e. The molecule has 5 nitrogen and oxygen atoms in total. The average molecular weight is 351 g/mol. The van der Waals surface area contributed by atoms with E-state index in [1.54, 1.807) is 0 Å². The predicted octanol–water partition coefficient (Wildman–Crippen LogP) is 2.24. The fourth-order valence-electron chi connectivity index (χ4n) is 2.02. The Balaban J connectivity index is 0. The van der Waals surface area contributed by atoms with Crippen molar-refractivity contribution < 1.29 is 4.79 Å². The summed E-state index contributed by atoms with van der Waals surface area (Å²) in [5.74, 6) is 1.02. The summed E-state index contributed by atoms with van der Waals surface area (Å²) in [6, 6.07) is 4.02. The standard InChI is InChI=1S/C15H26N4O.2ClH/c1-5-19(6-2)14-8-7-13(10-17-14)11-18-15(20)12(3)9-16-4;;/h7-8,10,12,16H,5-6,9,11H2,1-4H3,(H,18,20);2*1H. The van der Waals surface area contributed by atoms with Crippen molar-refractivity contribution in [3.8, 4) is 0 Å². The van der Waals surface area contributed by atoms with Crippen molar-refractivity contribution in [1.82, 2.24) is 15.6 Å². The Morgan fingerprint density at radius 2 is 1.91 bits per heavy atom. The Kier molecular flexibility index (Phi) is 13.2. The number of nitrogens with zero attached hydrogens (tertiary/aromatic N) is 2. The molecule has 1 heterocycles. The normalized spacial score (nSPS) is 10.9. The second-order valence-electron chi connectivity index (χ2n) is 4.87. The molecule has 0 radical (unpaired) electrons. The first-order valence-corrected chi connectivity index (χ1v) is 7.24. The lowest BCUT2D eigenvalue weighted by molar-refractivity contribution is -0.124. The van der Waals surface area contributed by atoms with Gasteiger partial charge in [-0.15, -0.1) is 24.8 Å². The van der Waals surface area contributed by atoms with Crippen molar-refractivity contribution in [3.05, 3.63) is 23.9 Å². The lowest BCUT2D eigenvalue weighted by atomic mass is 10.1. The van der Waals surface area contributed by atoms with Crippen LogP contribution in [0.3, 0.4) is 0 Å². The minimum absolute atomic E-state index is 0. The second kappa shape index (κ2) is 12.5. The van der Waals surface area contributed by atoms with Crippen LogP contribution in [-0.2, 0) is 11.3 Å². The Bertz CT molecular complexity index is 411. The summed E-state index contributed by atoms with van der Waals surface area (Å²) in [5, 5.41) is 5.93. The number of hydrogen-bond donors (Lipinski definition) is 2. The first kappa shape index (κ1) is 23.2. The molecular formula is C15H28Cl2N4O. The molecule has 0 saturated heterocycles. The molecule has 1 aromatic rings. The van der Waals surface area contributed by atoms with Gasteiger partial charge in [-0.3, -0.25) is 4.79 Å². The highest BCUT2D eigenvalue weighted by atomic mass is 35.5. The third-order valence-electron chi connectivity index (χ3n) is 3.32. The number of carbonyl (C=O) groups is 1. The van der Waals surface area contributed by atoms with Gasteiger partial charge in [-0.1, -0.05) is 13.0 Å². The number of nitrogens with one attached hydrogen (secondary N) is 2. The van der Waals surface area contributed by atoms with Crippen molar-refractivity contribution in [2.24, 2.45) is 5.92 Å². The molecule has 0 aromatic carbocycles. The quantitative estimate of drug-likeness (QED) is 0.754. The van der Waals surface area contributed by atoms with Gasteiger partial charge in [-0.2, -0.15) is 0 Å². The molecular weight excluding hydrogens is 323 g/mol. The van der Waals surface area contributed by atoms with E-state index in [0.717, 1.165) is 24.5 Å². The highest BCUT2D eigenvalue weighted by Crippen LogP contribution is 2.10. The molecule has 7 heteroatoms. The maximum absolute atomic E-state index is 11.8. The highest BCUT2D eigenvalue weighted by molar-refractivity contribution is 5.85. The van der Waals surface area contributed by atoms with Gasteiger partial charge in [0.25, 0.3) is 0 Å². The third-order valence-corrected chi connectivity index (χ3v) is 3.32. The molecule has 0 saturated carbocycles. The molecule has 0 aliphatic rings. The van der Waals surface area contributed by atoms with Gasteiger partial charge in [0.1, 0.15) is 5.82 Å². The van der Waals surface area contributed by atoms with Gasteiger partial charge in [0.15, 0.2) is 0 Å². The van der Waals surface area contributed by atoms with E-state index in [-0.39, 0.29) is 36.6 Å². The SMILES string of the molecule is CCN(CC)c1ccc(CNC(=O)C(C)CNC)cn1.Cl.Cl. The lowest BCUT2D eigenvalue weighted by Crippen LogP contribution is -2.33. The fraction of sp³-hybridized carbons (Fsp3) is 0.600. The molecule has 1 unspecified atom stereocenters. The molecule has 128 valence electrons. The molecule has 0 aliphatic heterocycles. The van der Waals surface area contributed by atoms with Crippen molar-refractivity contribution in [2.75, 3.05) is 31.6 Å². The molecule has 0 bridgehead atoms. The molecule has 1 rings (SSSR count). The van der Waals surface area contributed by atoms with Crippen molar-refractivity contribution >= 4 is 36.5 Å². The monoisotopic (exact) mass is 350 g/mol. The summed E-state index contributed by atoms with van der Waals surface area (Å²) in [6.45, 7) is 9.24. The predicted molar refractivity (Wildman–Crippen MR) is 97.2 cm³/mol. The maximum atomic E-state index is 11.8. The number of halogens is 2. The molecule has 0 fully saturated rings. The van der Waals surface area contributed by atoms with E-state index in [9.17, 15) is 4.79 Å². The number of aromatic nitrogens is 1. The minimum atomic E-state index is -0.0251. The summed E-state index contributed by atoms with van der Waals surface area (Å²) < 4.78 is 0. The van der Waals surface area contributed by atoms with Gasteiger partial charge in [0, 0.05) is 38.3 Å². The van der Waals surface area contributed by atoms with Crippen LogP contribution in [0, 0.1) is 5.92 Å². The Hall–Kier alpha value is -1.04. The van der Waals surface area contributed by atoms with E-state index in [0.29, 0.717) is 13.1 Å². The van der Waals surface area contributed by atoms with E-state index < -0.39 is 0 Å². The van der Waals surface area contributed by atoms with Gasteiger partial charge in [0.2, 0.25) is 5.91 Å². The molecule has 0 aliphatic carbocycles. The fourth-order valence-corrected chi connectivity index (χ4v) is 2.02. The van der Waals surface area contributed by atoms with Gasteiger partial charge < -0.3 is 15.5 Å². The van der Waals surface area contributed by atoms with Gasteiger partial charge in [-0.25, -0.2) is 4.98 Å². The van der Waals surface area contributed by atoms with Crippen LogP contribution in [0.5, 0.6) is 0 Å². The zero-order valence-corrected chi connectivity index (χ0v) is 15.4. The van der Waals surface area contributed by atoms with Crippen LogP contribution in [0.1, 0.15) is 26.3 Å². The molecule has 1 atom stereocenters. The Morgan fingerprint density at radius 1 is 1.27 bits per heavy atom. The zero-order chi connectivity index (χ0) is 15.0. The zero-order valence-electron chi connectivity index (χ0n) is 13.8. The number of amides is 1. The highest BCUT2D eigenvalue weighted by Gasteiger charge is 2.11. The summed E-state index contributed by atoms with van der Waals surface area (Å²) in [4.78, 5) is 18.4. The summed E-state index contributed by atoms with van der Waals surface area (Å²) in [5.41, 5.74) is 1.02. The number of hydrogen-bond acceptors (Lipinski definition) is 4. The van der Waals surface area contributed by atoms with E-state index in [1.165, 1.54) is 0 Å². The van der Waals surface area contributed by atoms with Crippen molar-refractivity contribution in [1.29, 1.82) is 0 Å².